The smallest absolute Gasteiger partial charge is 0.432 e. The van der Waals surface area contributed by atoms with Gasteiger partial charge >= 0.3 is 27.5 Å². The van der Waals surface area contributed by atoms with Crippen LogP contribution in [-0.4, -0.2) is 43.1 Å². The van der Waals surface area contributed by atoms with Gasteiger partial charge in [0.15, 0.2) is 0 Å². The quantitative estimate of drug-likeness (QED) is 0.359. The number of halogens is 5. The lowest BCUT2D eigenvalue weighted by Gasteiger charge is -2.26. The maximum absolute atomic E-state index is 13.3. The van der Waals surface area contributed by atoms with Gasteiger partial charge < -0.3 is 9.47 Å². The van der Waals surface area contributed by atoms with Gasteiger partial charge in [-0.1, -0.05) is 12.1 Å². The summed E-state index contributed by atoms with van der Waals surface area (Å²) in [6, 6.07) is 4.69. The van der Waals surface area contributed by atoms with Gasteiger partial charge in [0.2, 0.25) is 0 Å². The molecule has 12 heteroatoms. The summed E-state index contributed by atoms with van der Waals surface area (Å²) in [6.07, 6.45) is -10.3. The number of alkyl halides is 5. The molecule has 0 aliphatic carbocycles. The van der Waals surface area contributed by atoms with Gasteiger partial charge in [-0.2, -0.15) is 30.4 Å². The molecule has 140 valence electrons. The molecule has 1 heterocycles. The second kappa shape index (κ2) is 5.88. The van der Waals surface area contributed by atoms with Gasteiger partial charge in [0.1, 0.15) is 5.60 Å². The monoisotopic (exact) mass is 390 g/mol. The number of hydrogen-bond acceptors (Lipinski definition) is 5. The number of rotatable bonds is 5. The zero-order valence-corrected chi connectivity index (χ0v) is 13.2. The molecule has 0 radical (unpaired) electrons. The molecule has 1 fully saturated rings. The second-order valence-electron chi connectivity index (χ2n) is 5.46. The fourth-order valence-corrected chi connectivity index (χ4v) is 2.32. The Kier molecular flexibility index (Phi) is 4.60. The molecule has 0 spiro atoms. The Labute approximate surface area is 138 Å². The van der Waals surface area contributed by atoms with Crippen LogP contribution in [0.15, 0.2) is 24.3 Å². The molecule has 0 amide bonds. The van der Waals surface area contributed by atoms with Crippen LogP contribution in [0.1, 0.15) is 22.8 Å². The average molecular weight is 390 g/mol. The number of epoxide rings is 1. The summed E-state index contributed by atoms with van der Waals surface area (Å²) in [5.41, 5.74) is -0.511. The first-order chi connectivity index (χ1) is 11.2. The first-order valence-electron chi connectivity index (χ1n) is 6.55. The van der Waals surface area contributed by atoms with Gasteiger partial charge in [0, 0.05) is 0 Å². The highest BCUT2D eigenvalue weighted by atomic mass is 32.2. The highest BCUT2D eigenvalue weighted by Gasteiger charge is 2.66. The van der Waals surface area contributed by atoms with E-state index in [1.165, 1.54) is 12.1 Å². The number of hydrogen-bond donors (Lipinski definition) is 1. The van der Waals surface area contributed by atoms with Crippen molar-refractivity contribution in [1.82, 2.24) is 0 Å². The molecule has 2 unspecified atom stereocenters. The van der Waals surface area contributed by atoms with E-state index in [4.69, 9.17) is 9.29 Å². The minimum Gasteiger partial charge on any atom is -0.441 e. The van der Waals surface area contributed by atoms with E-state index < -0.39 is 44.8 Å². The number of benzene rings is 1. The lowest BCUT2D eigenvalue weighted by atomic mass is 10.0. The number of carbonyl (C=O) groups excluding carboxylic acids is 1. The summed E-state index contributed by atoms with van der Waals surface area (Å²) in [5, 5.41) is -5.77. The first kappa shape index (κ1) is 19.5. The second-order valence-corrected chi connectivity index (χ2v) is 6.96. The minimum absolute atomic E-state index is 0.396. The van der Waals surface area contributed by atoms with Gasteiger partial charge in [-0.3, -0.25) is 4.55 Å². The highest BCUT2D eigenvalue weighted by Crippen LogP contribution is 2.39. The van der Waals surface area contributed by atoms with Gasteiger partial charge in [-0.25, -0.2) is 4.79 Å². The predicted octanol–water partition coefficient (Wildman–Crippen LogP) is 2.50. The summed E-state index contributed by atoms with van der Waals surface area (Å²) in [5.74, 6) is -1.83. The highest BCUT2D eigenvalue weighted by molar-refractivity contribution is 7.86. The standard InChI is InChI=1S/C13H11F5O6S/c1-11(6-23-11)8-4-2-7(3-5-8)9(19)24-10(12(14,15)16)13(17,18)25(20,21)22/h2-5,10H,6H2,1H3,(H,20,21,22). The molecule has 0 bridgehead atoms. The van der Waals surface area contributed by atoms with Crippen molar-refractivity contribution in [3.05, 3.63) is 35.4 Å². The molecule has 1 aliphatic heterocycles. The van der Waals surface area contributed by atoms with Crippen LogP contribution in [0.5, 0.6) is 0 Å². The van der Waals surface area contributed by atoms with Gasteiger partial charge in [-0.05, 0) is 24.6 Å². The van der Waals surface area contributed by atoms with Crippen molar-refractivity contribution in [2.45, 2.75) is 30.1 Å². The topological polar surface area (TPSA) is 93.2 Å². The van der Waals surface area contributed by atoms with Crippen molar-refractivity contribution < 1.29 is 49.2 Å². The van der Waals surface area contributed by atoms with E-state index in [1.807, 2.05) is 0 Å². The molecular formula is C13H11F5O6S. The molecule has 1 aliphatic rings. The lowest BCUT2D eigenvalue weighted by molar-refractivity contribution is -0.248. The van der Waals surface area contributed by atoms with Crippen molar-refractivity contribution in [2.75, 3.05) is 6.61 Å². The number of esters is 1. The normalized spacial score (nSPS) is 22.4. The Bertz CT molecular complexity index is 767. The molecule has 1 aromatic rings. The van der Waals surface area contributed by atoms with E-state index in [0.29, 0.717) is 12.2 Å². The van der Waals surface area contributed by atoms with Crippen LogP contribution in [0.2, 0.25) is 0 Å². The van der Waals surface area contributed by atoms with Crippen LogP contribution < -0.4 is 0 Å². The molecule has 0 saturated carbocycles. The van der Waals surface area contributed by atoms with Crippen LogP contribution in [0.3, 0.4) is 0 Å². The maximum atomic E-state index is 13.3. The van der Waals surface area contributed by atoms with Crippen molar-refractivity contribution >= 4 is 16.1 Å². The third kappa shape index (κ3) is 3.90. The Morgan fingerprint density at radius 1 is 1.24 bits per heavy atom. The van der Waals surface area contributed by atoms with E-state index in [9.17, 15) is 35.2 Å². The van der Waals surface area contributed by atoms with Crippen LogP contribution in [0.25, 0.3) is 0 Å². The fourth-order valence-electron chi connectivity index (χ4n) is 1.87. The zero-order valence-electron chi connectivity index (χ0n) is 12.4. The fraction of sp³-hybridized carbons (Fsp3) is 0.462. The van der Waals surface area contributed by atoms with Crippen LogP contribution in [0.4, 0.5) is 22.0 Å². The summed E-state index contributed by atoms with van der Waals surface area (Å²) in [7, 11) is -6.48. The summed E-state index contributed by atoms with van der Waals surface area (Å²) >= 11 is 0. The van der Waals surface area contributed by atoms with Crippen molar-refractivity contribution in [2.24, 2.45) is 0 Å². The SMILES string of the molecule is CC1(c2ccc(C(=O)OC(C(F)(F)F)C(F)(F)S(=O)(=O)O)cc2)CO1. The molecule has 2 atom stereocenters. The van der Waals surface area contributed by atoms with Gasteiger partial charge in [0.25, 0.3) is 6.10 Å². The molecule has 0 aromatic heterocycles. The maximum Gasteiger partial charge on any atom is 0.432 e. The molecular weight excluding hydrogens is 379 g/mol. The van der Waals surface area contributed by atoms with Gasteiger partial charge in [-0.15, -0.1) is 0 Å². The molecule has 1 N–H and O–H groups in total. The van der Waals surface area contributed by atoms with Crippen LogP contribution >= 0.6 is 0 Å². The van der Waals surface area contributed by atoms with E-state index in [1.54, 1.807) is 6.92 Å². The Balaban J connectivity index is 2.25. The average Bonchev–Trinajstić information content (AvgIpc) is 3.21. The van der Waals surface area contributed by atoms with E-state index in [-0.39, 0.29) is 0 Å². The molecule has 1 saturated heterocycles. The van der Waals surface area contributed by atoms with Crippen molar-refractivity contribution in [3.8, 4) is 0 Å². The summed E-state index contributed by atoms with van der Waals surface area (Å²) < 4.78 is 103. The Morgan fingerprint density at radius 2 is 1.72 bits per heavy atom. The summed E-state index contributed by atoms with van der Waals surface area (Å²) in [4.78, 5) is 11.7. The number of ether oxygens (including phenoxy) is 2. The zero-order chi connectivity index (χ0) is 19.3. The first-order valence-corrected chi connectivity index (χ1v) is 7.99. The van der Waals surface area contributed by atoms with Crippen LogP contribution in [-0.2, 0) is 25.2 Å². The van der Waals surface area contributed by atoms with Crippen molar-refractivity contribution in [1.29, 1.82) is 0 Å². The third-order valence-electron chi connectivity index (χ3n) is 3.48. The van der Waals surface area contributed by atoms with E-state index in [0.717, 1.165) is 12.1 Å². The summed E-state index contributed by atoms with van der Waals surface area (Å²) in [6.45, 7) is 2.11. The minimum atomic E-state index is -6.48. The van der Waals surface area contributed by atoms with Crippen LogP contribution in [0, 0.1) is 0 Å². The molecule has 6 nitrogen and oxygen atoms in total. The molecule has 25 heavy (non-hydrogen) atoms. The van der Waals surface area contributed by atoms with E-state index >= 15 is 0 Å². The van der Waals surface area contributed by atoms with Crippen molar-refractivity contribution in [3.63, 3.8) is 0 Å². The molecule has 1 aromatic carbocycles. The lowest BCUT2D eigenvalue weighted by Crippen LogP contribution is -2.52. The van der Waals surface area contributed by atoms with Gasteiger partial charge in [0.05, 0.1) is 12.2 Å². The largest absolute Gasteiger partial charge is 0.441 e. The number of carbonyl (C=O) groups is 1. The Morgan fingerprint density at radius 3 is 2.08 bits per heavy atom. The predicted molar refractivity (Wildman–Crippen MR) is 71.5 cm³/mol. The third-order valence-corrected chi connectivity index (χ3v) is 4.38. The van der Waals surface area contributed by atoms with E-state index in [2.05, 4.69) is 4.74 Å². The molecule has 2 rings (SSSR count). The Hall–Kier alpha value is -1.79.